The molecule has 0 fully saturated rings. The lowest BCUT2D eigenvalue weighted by molar-refractivity contribution is -0.121. The highest BCUT2D eigenvalue weighted by Gasteiger charge is 2.15. The van der Waals surface area contributed by atoms with E-state index in [1.807, 2.05) is 30.3 Å². The SMILES string of the molecule is CC(Nc1nnc(Cc2ccc(F)cc2)s1)C(=O)NCc1ccccc1. The monoisotopic (exact) mass is 370 g/mol. The molecule has 5 nitrogen and oxygen atoms in total. The first-order valence-electron chi connectivity index (χ1n) is 8.25. The van der Waals surface area contributed by atoms with Crippen LogP contribution in [0.2, 0.25) is 0 Å². The summed E-state index contributed by atoms with van der Waals surface area (Å²) < 4.78 is 12.9. The van der Waals surface area contributed by atoms with Crippen molar-refractivity contribution in [3.05, 3.63) is 76.5 Å². The summed E-state index contributed by atoms with van der Waals surface area (Å²) in [6, 6.07) is 15.6. The van der Waals surface area contributed by atoms with Gasteiger partial charge in [0.1, 0.15) is 16.9 Å². The van der Waals surface area contributed by atoms with Crippen LogP contribution in [0.1, 0.15) is 23.1 Å². The number of benzene rings is 2. The average Bonchev–Trinajstić information content (AvgIpc) is 3.09. The predicted octanol–water partition coefficient (Wildman–Crippen LogP) is 3.38. The van der Waals surface area contributed by atoms with E-state index in [1.165, 1.54) is 23.5 Å². The second-order valence-corrected chi connectivity index (χ2v) is 6.94. The molecule has 2 aromatic carbocycles. The molecule has 134 valence electrons. The Morgan fingerprint density at radius 2 is 1.81 bits per heavy atom. The number of aromatic nitrogens is 2. The van der Waals surface area contributed by atoms with E-state index in [2.05, 4.69) is 20.8 Å². The highest BCUT2D eigenvalue weighted by molar-refractivity contribution is 7.15. The van der Waals surface area contributed by atoms with Gasteiger partial charge in [-0.25, -0.2) is 4.39 Å². The van der Waals surface area contributed by atoms with Gasteiger partial charge in [-0.15, -0.1) is 10.2 Å². The molecule has 1 unspecified atom stereocenters. The van der Waals surface area contributed by atoms with Crippen LogP contribution in [0.5, 0.6) is 0 Å². The zero-order valence-electron chi connectivity index (χ0n) is 14.3. The highest BCUT2D eigenvalue weighted by Crippen LogP contribution is 2.19. The van der Waals surface area contributed by atoms with Crippen LogP contribution in [-0.4, -0.2) is 22.1 Å². The summed E-state index contributed by atoms with van der Waals surface area (Å²) in [4.78, 5) is 12.2. The smallest absolute Gasteiger partial charge is 0.242 e. The van der Waals surface area contributed by atoms with Crippen LogP contribution in [0.25, 0.3) is 0 Å². The average molecular weight is 370 g/mol. The third-order valence-corrected chi connectivity index (χ3v) is 4.63. The number of nitrogens with one attached hydrogen (secondary N) is 2. The molecule has 0 bridgehead atoms. The number of amides is 1. The lowest BCUT2D eigenvalue weighted by Crippen LogP contribution is -2.37. The molecule has 0 radical (unpaired) electrons. The summed E-state index contributed by atoms with van der Waals surface area (Å²) in [7, 11) is 0. The first kappa shape index (κ1) is 18.0. The van der Waals surface area contributed by atoms with Crippen molar-refractivity contribution in [2.75, 3.05) is 5.32 Å². The first-order chi connectivity index (χ1) is 12.6. The van der Waals surface area contributed by atoms with Gasteiger partial charge in [0.15, 0.2) is 0 Å². The van der Waals surface area contributed by atoms with Crippen molar-refractivity contribution in [2.24, 2.45) is 0 Å². The molecule has 7 heteroatoms. The molecule has 0 spiro atoms. The Morgan fingerprint density at radius 1 is 1.08 bits per heavy atom. The number of carbonyl (C=O) groups is 1. The highest BCUT2D eigenvalue weighted by atomic mass is 32.1. The second kappa shape index (κ2) is 8.53. The minimum absolute atomic E-state index is 0.107. The van der Waals surface area contributed by atoms with Crippen molar-refractivity contribution >= 4 is 22.4 Å². The predicted molar refractivity (Wildman–Crippen MR) is 100 cm³/mol. The van der Waals surface area contributed by atoms with Crippen LogP contribution in [0.3, 0.4) is 0 Å². The Kier molecular flexibility index (Phi) is 5.91. The second-order valence-electron chi connectivity index (χ2n) is 5.87. The van der Waals surface area contributed by atoms with E-state index in [0.717, 1.165) is 16.1 Å². The summed E-state index contributed by atoms with van der Waals surface area (Å²) in [6.45, 7) is 2.26. The fourth-order valence-corrected chi connectivity index (χ4v) is 3.21. The van der Waals surface area contributed by atoms with E-state index in [4.69, 9.17) is 0 Å². The van der Waals surface area contributed by atoms with E-state index >= 15 is 0 Å². The van der Waals surface area contributed by atoms with E-state index < -0.39 is 6.04 Å². The maximum absolute atomic E-state index is 12.9. The van der Waals surface area contributed by atoms with Gasteiger partial charge in [0.2, 0.25) is 11.0 Å². The van der Waals surface area contributed by atoms with E-state index in [0.29, 0.717) is 18.1 Å². The Labute approximate surface area is 155 Å². The van der Waals surface area contributed by atoms with Crippen LogP contribution in [0.4, 0.5) is 9.52 Å². The van der Waals surface area contributed by atoms with Crippen LogP contribution < -0.4 is 10.6 Å². The van der Waals surface area contributed by atoms with Crippen molar-refractivity contribution in [3.8, 4) is 0 Å². The zero-order valence-corrected chi connectivity index (χ0v) is 15.1. The van der Waals surface area contributed by atoms with Gasteiger partial charge in [-0.1, -0.05) is 53.8 Å². The molecule has 26 heavy (non-hydrogen) atoms. The number of anilines is 1. The summed E-state index contributed by atoms with van der Waals surface area (Å²) in [5.74, 6) is -0.368. The number of hydrogen-bond acceptors (Lipinski definition) is 5. The van der Waals surface area contributed by atoms with Gasteiger partial charge in [0.05, 0.1) is 0 Å². The number of rotatable bonds is 7. The molecule has 0 saturated heterocycles. The summed E-state index contributed by atoms with van der Waals surface area (Å²) in [6.07, 6.45) is 0.578. The molecular weight excluding hydrogens is 351 g/mol. The molecule has 0 aliphatic heterocycles. The van der Waals surface area contributed by atoms with E-state index in [1.54, 1.807) is 19.1 Å². The fraction of sp³-hybridized carbons (Fsp3) is 0.211. The van der Waals surface area contributed by atoms with E-state index in [-0.39, 0.29) is 11.7 Å². The molecule has 3 aromatic rings. The zero-order chi connectivity index (χ0) is 18.4. The quantitative estimate of drug-likeness (QED) is 0.669. The van der Waals surface area contributed by atoms with Gasteiger partial charge in [-0.3, -0.25) is 4.79 Å². The topological polar surface area (TPSA) is 66.9 Å². The normalized spacial score (nSPS) is 11.8. The lowest BCUT2D eigenvalue weighted by Gasteiger charge is -2.12. The minimum atomic E-state index is -0.426. The van der Waals surface area contributed by atoms with Crippen LogP contribution in [-0.2, 0) is 17.8 Å². The number of nitrogens with zero attached hydrogens (tertiary/aromatic N) is 2. The third-order valence-electron chi connectivity index (χ3n) is 3.78. The largest absolute Gasteiger partial charge is 0.350 e. The van der Waals surface area contributed by atoms with Crippen LogP contribution >= 0.6 is 11.3 Å². The Balaban J connectivity index is 1.51. The number of carbonyl (C=O) groups excluding carboxylic acids is 1. The first-order valence-corrected chi connectivity index (χ1v) is 9.07. The Bertz CT molecular complexity index is 851. The molecule has 1 aromatic heterocycles. The maximum atomic E-state index is 12.9. The van der Waals surface area contributed by atoms with Gasteiger partial charge < -0.3 is 10.6 Å². The third kappa shape index (κ3) is 5.10. The maximum Gasteiger partial charge on any atom is 0.242 e. The molecular formula is C19H19FN4OS. The molecule has 2 N–H and O–H groups in total. The molecule has 0 saturated carbocycles. The molecule has 1 heterocycles. The minimum Gasteiger partial charge on any atom is -0.350 e. The fourth-order valence-electron chi connectivity index (χ4n) is 2.35. The molecule has 1 amide bonds. The summed E-state index contributed by atoms with van der Waals surface area (Å²) in [5.41, 5.74) is 2.01. The van der Waals surface area contributed by atoms with Gasteiger partial charge in [0, 0.05) is 13.0 Å². The van der Waals surface area contributed by atoms with Crippen molar-refractivity contribution in [3.63, 3.8) is 0 Å². The standard InChI is InChI=1S/C19H19FN4OS/c1-13(18(25)21-12-15-5-3-2-4-6-15)22-19-24-23-17(26-19)11-14-7-9-16(20)10-8-14/h2-10,13H,11-12H2,1H3,(H,21,25)(H,22,24). The van der Waals surface area contributed by atoms with Crippen LogP contribution in [0, 0.1) is 5.82 Å². The summed E-state index contributed by atoms with van der Waals surface area (Å²) >= 11 is 1.39. The molecule has 3 rings (SSSR count). The summed E-state index contributed by atoms with van der Waals surface area (Å²) in [5, 5.41) is 15.5. The molecule has 1 atom stereocenters. The van der Waals surface area contributed by atoms with Crippen molar-refractivity contribution < 1.29 is 9.18 Å². The van der Waals surface area contributed by atoms with Crippen molar-refractivity contribution in [2.45, 2.75) is 25.9 Å². The lowest BCUT2D eigenvalue weighted by atomic mass is 10.2. The van der Waals surface area contributed by atoms with Crippen molar-refractivity contribution in [1.29, 1.82) is 0 Å². The molecule has 0 aliphatic rings. The number of hydrogen-bond donors (Lipinski definition) is 2. The van der Waals surface area contributed by atoms with Gasteiger partial charge >= 0.3 is 0 Å². The van der Waals surface area contributed by atoms with Gasteiger partial charge in [-0.05, 0) is 30.2 Å². The number of halogens is 1. The van der Waals surface area contributed by atoms with Gasteiger partial charge in [-0.2, -0.15) is 0 Å². The Hall–Kier alpha value is -2.80. The molecule has 0 aliphatic carbocycles. The van der Waals surface area contributed by atoms with E-state index in [9.17, 15) is 9.18 Å². The van der Waals surface area contributed by atoms with Gasteiger partial charge in [0.25, 0.3) is 0 Å². The van der Waals surface area contributed by atoms with Crippen molar-refractivity contribution in [1.82, 2.24) is 15.5 Å². The Morgan fingerprint density at radius 3 is 2.54 bits per heavy atom. The van der Waals surface area contributed by atoms with Crippen LogP contribution in [0.15, 0.2) is 54.6 Å².